The van der Waals surface area contributed by atoms with Crippen LogP contribution >= 0.6 is 0 Å². The third kappa shape index (κ3) is 3.50. The molecule has 0 aromatic heterocycles. The Bertz CT molecular complexity index is 64.6. The van der Waals surface area contributed by atoms with Crippen molar-refractivity contribution in [2.75, 3.05) is 0 Å². The predicted octanol–water partition coefficient (Wildman–Crippen LogP) is 2.66. The van der Waals surface area contributed by atoms with Crippen LogP contribution in [-0.4, -0.2) is 0 Å². The fourth-order valence-corrected chi connectivity index (χ4v) is 0.449. The number of hydrogen-bond acceptors (Lipinski definition) is 0. The minimum atomic E-state index is 0.670. The molecule has 0 spiro atoms. The predicted molar refractivity (Wildman–Crippen MR) is 29.8 cm³/mol. The van der Waals surface area contributed by atoms with Gasteiger partial charge in [0.1, 0.15) is 0 Å². The van der Waals surface area contributed by atoms with Crippen molar-refractivity contribution < 1.29 is 4.39 Å². The summed E-state index contributed by atoms with van der Waals surface area (Å²) in [5.74, 6) is 0. The molecule has 7 heavy (non-hydrogen) atoms. The summed E-state index contributed by atoms with van der Waals surface area (Å²) in [5, 5.41) is 0. The lowest BCUT2D eigenvalue weighted by Gasteiger charge is -1.88. The van der Waals surface area contributed by atoms with Crippen LogP contribution in [0.3, 0.4) is 0 Å². The van der Waals surface area contributed by atoms with Gasteiger partial charge >= 0.3 is 0 Å². The molecule has 0 atom stereocenters. The van der Waals surface area contributed by atoms with Crippen molar-refractivity contribution in [3.05, 3.63) is 11.9 Å². The highest BCUT2D eigenvalue weighted by molar-refractivity contribution is 4.90. The summed E-state index contributed by atoms with van der Waals surface area (Å²) in [6.45, 7) is 3.83. The average molecular weight is 102 g/mol. The summed E-state index contributed by atoms with van der Waals surface area (Å²) in [7, 11) is 0. The molecule has 0 aliphatic carbocycles. The molecule has 0 unspecified atom stereocenters. The van der Waals surface area contributed by atoms with Crippen LogP contribution in [-0.2, 0) is 0 Å². The van der Waals surface area contributed by atoms with Gasteiger partial charge in [0.05, 0.1) is 6.33 Å². The van der Waals surface area contributed by atoms with Crippen LogP contribution in [0.15, 0.2) is 11.9 Å². The van der Waals surface area contributed by atoms with E-state index in [0.29, 0.717) is 6.33 Å². The molecule has 0 amide bonds. The maximum absolute atomic E-state index is 11.4. The van der Waals surface area contributed by atoms with Gasteiger partial charge in [-0.25, -0.2) is 4.39 Å². The molecule has 0 aromatic carbocycles. The summed E-state index contributed by atoms with van der Waals surface area (Å²) in [5.41, 5.74) is 0.836. The Morgan fingerprint density at radius 1 is 1.71 bits per heavy atom. The van der Waals surface area contributed by atoms with E-state index in [4.69, 9.17) is 0 Å². The first-order chi connectivity index (χ1) is 3.31. The van der Waals surface area contributed by atoms with Crippen molar-refractivity contribution in [3.8, 4) is 0 Å². The van der Waals surface area contributed by atoms with Crippen molar-refractivity contribution in [2.24, 2.45) is 0 Å². The van der Waals surface area contributed by atoms with Gasteiger partial charge in [0, 0.05) is 0 Å². The fourth-order valence-electron chi connectivity index (χ4n) is 0.449. The second-order valence-electron chi connectivity index (χ2n) is 1.71. The lowest BCUT2D eigenvalue weighted by molar-refractivity contribution is 0.696. The number of allylic oxidation sites excluding steroid dienone is 1. The van der Waals surface area contributed by atoms with E-state index in [2.05, 4.69) is 0 Å². The molecule has 0 aromatic rings. The van der Waals surface area contributed by atoms with E-state index >= 15 is 0 Å². The first kappa shape index (κ1) is 6.67. The molecular formula is C6H11F. The van der Waals surface area contributed by atoms with E-state index in [1.165, 1.54) is 0 Å². The minimum Gasteiger partial charge on any atom is -0.216 e. The average Bonchev–Trinajstić information content (AvgIpc) is 1.68. The van der Waals surface area contributed by atoms with Crippen LogP contribution in [0.5, 0.6) is 0 Å². The molecule has 0 fully saturated rings. The van der Waals surface area contributed by atoms with E-state index in [0.717, 1.165) is 18.4 Å². The lowest BCUT2D eigenvalue weighted by atomic mass is 10.2. The number of halogens is 1. The van der Waals surface area contributed by atoms with Crippen molar-refractivity contribution >= 4 is 0 Å². The summed E-state index contributed by atoms with van der Waals surface area (Å²) in [4.78, 5) is 0. The van der Waals surface area contributed by atoms with Gasteiger partial charge in [-0.15, -0.1) is 0 Å². The SMILES string of the molecule is CCCC(C)=CF. The van der Waals surface area contributed by atoms with E-state index < -0.39 is 0 Å². The van der Waals surface area contributed by atoms with Crippen LogP contribution in [0.4, 0.5) is 4.39 Å². The fraction of sp³-hybridized carbons (Fsp3) is 0.667. The van der Waals surface area contributed by atoms with Gasteiger partial charge in [0.15, 0.2) is 0 Å². The molecule has 0 rings (SSSR count). The monoisotopic (exact) mass is 102 g/mol. The molecular weight excluding hydrogens is 91.1 g/mol. The van der Waals surface area contributed by atoms with E-state index in [9.17, 15) is 4.39 Å². The number of rotatable bonds is 2. The van der Waals surface area contributed by atoms with Gasteiger partial charge in [-0.2, -0.15) is 0 Å². The topological polar surface area (TPSA) is 0 Å². The lowest BCUT2D eigenvalue weighted by Crippen LogP contribution is -1.69. The van der Waals surface area contributed by atoms with Gasteiger partial charge in [-0.3, -0.25) is 0 Å². The van der Waals surface area contributed by atoms with E-state index in [-0.39, 0.29) is 0 Å². The molecule has 0 nitrogen and oxygen atoms in total. The Morgan fingerprint density at radius 2 is 2.29 bits per heavy atom. The van der Waals surface area contributed by atoms with Gasteiger partial charge in [-0.05, 0) is 18.9 Å². The van der Waals surface area contributed by atoms with E-state index in [1.807, 2.05) is 6.92 Å². The maximum Gasteiger partial charge on any atom is 0.0856 e. The van der Waals surface area contributed by atoms with Crippen LogP contribution < -0.4 is 0 Å². The largest absolute Gasteiger partial charge is 0.216 e. The first-order valence-corrected chi connectivity index (χ1v) is 2.57. The molecule has 0 aliphatic rings. The van der Waals surface area contributed by atoms with Crippen LogP contribution in [0, 0.1) is 0 Å². The third-order valence-electron chi connectivity index (χ3n) is 0.831. The second kappa shape index (κ2) is 3.85. The standard InChI is InChI=1S/C6H11F/c1-3-4-6(2)5-7/h5H,3-4H2,1-2H3. The van der Waals surface area contributed by atoms with Crippen molar-refractivity contribution in [2.45, 2.75) is 26.7 Å². The van der Waals surface area contributed by atoms with Crippen LogP contribution in [0.1, 0.15) is 26.7 Å². The van der Waals surface area contributed by atoms with Gasteiger partial charge in [0.25, 0.3) is 0 Å². The molecule has 0 saturated carbocycles. The summed E-state index contributed by atoms with van der Waals surface area (Å²) >= 11 is 0. The zero-order chi connectivity index (χ0) is 5.70. The third-order valence-corrected chi connectivity index (χ3v) is 0.831. The van der Waals surface area contributed by atoms with Gasteiger partial charge in [-0.1, -0.05) is 13.3 Å². The van der Waals surface area contributed by atoms with Crippen LogP contribution in [0.25, 0.3) is 0 Å². The summed E-state index contributed by atoms with van der Waals surface area (Å²) < 4.78 is 11.4. The highest BCUT2D eigenvalue weighted by Crippen LogP contribution is 2.01. The van der Waals surface area contributed by atoms with E-state index in [1.54, 1.807) is 6.92 Å². The molecule has 1 heteroatoms. The van der Waals surface area contributed by atoms with Crippen molar-refractivity contribution in [3.63, 3.8) is 0 Å². The Morgan fingerprint density at radius 3 is 2.43 bits per heavy atom. The molecule has 0 radical (unpaired) electrons. The summed E-state index contributed by atoms with van der Waals surface area (Å²) in [6, 6.07) is 0. The minimum absolute atomic E-state index is 0.670. The molecule has 0 saturated heterocycles. The molecule has 0 bridgehead atoms. The molecule has 0 heterocycles. The summed E-state index contributed by atoms with van der Waals surface area (Å²) in [6.07, 6.45) is 2.59. The van der Waals surface area contributed by atoms with Gasteiger partial charge < -0.3 is 0 Å². The Hall–Kier alpha value is -0.330. The molecule has 42 valence electrons. The van der Waals surface area contributed by atoms with Crippen molar-refractivity contribution in [1.29, 1.82) is 0 Å². The first-order valence-electron chi connectivity index (χ1n) is 2.57. The second-order valence-corrected chi connectivity index (χ2v) is 1.71. The highest BCUT2D eigenvalue weighted by atomic mass is 19.1. The van der Waals surface area contributed by atoms with Crippen molar-refractivity contribution in [1.82, 2.24) is 0 Å². The zero-order valence-corrected chi connectivity index (χ0v) is 4.87. The maximum atomic E-state index is 11.4. The zero-order valence-electron chi connectivity index (χ0n) is 4.87. The Balaban J connectivity index is 3.17. The normalized spacial score (nSPS) is 12.1. The molecule has 0 N–H and O–H groups in total. The Labute approximate surface area is 44.0 Å². The Kier molecular flexibility index (Phi) is 3.67. The molecule has 0 aliphatic heterocycles. The highest BCUT2D eigenvalue weighted by Gasteiger charge is 1.82. The van der Waals surface area contributed by atoms with Crippen LogP contribution in [0.2, 0.25) is 0 Å². The van der Waals surface area contributed by atoms with Gasteiger partial charge in [0.2, 0.25) is 0 Å². The quantitative estimate of drug-likeness (QED) is 0.502. The number of hydrogen-bond donors (Lipinski definition) is 0. The smallest absolute Gasteiger partial charge is 0.0856 e.